The van der Waals surface area contributed by atoms with Crippen LogP contribution >= 0.6 is 0 Å². The zero-order chi connectivity index (χ0) is 9.97. The quantitative estimate of drug-likeness (QED) is 0.675. The third kappa shape index (κ3) is 1.54. The zero-order valence-corrected chi connectivity index (χ0v) is 7.60. The molecule has 0 radical (unpaired) electrons. The van der Waals surface area contributed by atoms with Gasteiger partial charge in [-0.1, -0.05) is 0 Å². The topological polar surface area (TPSA) is 56.0 Å². The van der Waals surface area contributed by atoms with E-state index in [0.29, 0.717) is 17.1 Å². The van der Waals surface area contributed by atoms with Gasteiger partial charge in [0.1, 0.15) is 12.0 Å². The van der Waals surface area contributed by atoms with E-state index in [1.807, 2.05) is 6.92 Å². The summed E-state index contributed by atoms with van der Waals surface area (Å²) in [5, 5.41) is 0. The standard InChI is InChI=1S/C10H8N2O2/c1-7-6-14-10(12-7)9-3-2-8(5-13)4-11-9/h2-6H,1H3. The summed E-state index contributed by atoms with van der Waals surface area (Å²) in [5.74, 6) is 0.472. The molecule has 0 saturated heterocycles. The first-order chi connectivity index (χ1) is 6.79. The number of aldehydes is 1. The van der Waals surface area contributed by atoms with Crippen LogP contribution in [0.1, 0.15) is 16.1 Å². The molecule has 0 aliphatic heterocycles. The molecule has 2 aromatic heterocycles. The largest absolute Gasteiger partial charge is 0.443 e. The predicted octanol–water partition coefficient (Wildman–Crippen LogP) is 1.86. The summed E-state index contributed by atoms with van der Waals surface area (Å²) in [6, 6.07) is 3.38. The molecule has 4 nitrogen and oxygen atoms in total. The number of carbonyl (C=O) groups excluding carboxylic acids is 1. The Bertz CT molecular complexity index is 445. The average molecular weight is 188 g/mol. The summed E-state index contributed by atoms with van der Waals surface area (Å²) in [4.78, 5) is 18.5. The highest BCUT2D eigenvalue weighted by Gasteiger charge is 2.04. The van der Waals surface area contributed by atoms with Crippen molar-refractivity contribution >= 4 is 6.29 Å². The summed E-state index contributed by atoms with van der Waals surface area (Å²) in [6.07, 6.45) is 3.80. The van der Waals surface area contributed by atoms with E-state index in [-0.39, 0.29) is 0 Å². The van der Waals surface area contributed by atoms with Crippen molar-refractivity contribution in [3.05, 3.63) is 35.9 Å². The highest BCUT2D eigenvalue weighted by atomic mass is 16.3. The van der Waals surface area contributed by atoms with Gasteiger partial charge in [0.25, 0.3) is 0 Å². The molecule has 0 atom stereocenters. The fourth-order valence-corrected chi connectivity index (χ4v) is 1.07. The summed E-state index contributed by atoms with van der Waals surface area (Å²) >= 11 is 0. The Labute approximate surface area is 80.6 Å². The number of nitrogens with zero attached hydrogens (tertiary/aromatic N) is 2. The third-order valence-corrected chi connectivity index (χ3v) is 1.76. The molecule has 0 unspecified atom stereocenters. The number of hydrogen-bond donors (Lipinski definition) is 0. The van der Waals surface area contributed by atoms with Crippen molar-refractivity contribution in [1.29, 1.82) is 0 Å². The van der Waals surface area contributed by atoms with Gasteiger partial charge in [0, 0.05) is 11.8 Å². The smallest absolute Gasteiger partial charge is 0.245 e. The second-order valence-corrected chi connectivity index (χ2v) is 2.89. The number of hydrogen-bond acceptors (Lipinski definition) is 4. The molecule has 14 heavy (non-hydrogen) atoms. The van der Waals surface area contributed by atoms with Crippen LogP contribution in [0, 0.1) is 6.92 Å². The molecule has 0 saturated carbocycles. The van der Waals surface area contributed by atoms with Crippen molar-refractivity contribution in [2.45, 2.75) is 6.92 Å². The van der Waals surface area contributed by atoms with Gasteiger partial charge in [-0.3, -0.25) is 9.78 Å². The molecule has 4 heteroatoms. The second kappa shape index (κ2) is 3.41. The van der Waals surface area contributed by atoms with E-state index in [2.05, 4.69) is 9.97 Å². The lowest BCUT2D eigenvalue weighted by Gasteiger charge is -1.93. The molecular weight excluding hydrogens is 180 g/mol. The third-order valence-electron chi connectivity index (χ3n) is 1.76. The van der Waals surface area contributed by atoms with Crippen LogP contribution in [-0.4, -0.2) is 16.3 Å². The van der Waals surface area contributed by atoms with Crippen molar-refractivity contribution in [3.8, 4) is 11.6 Å². The van der Waals surface area contributed by atoms with Crippen LogP contribution < -0.4 is 0 Å². The molecule has 0 spiro atoms. The lowest BCUT2D eigenvalue weighted by Crippen LogP contribution is -1.86. The Morgan fingerprint density at radius 3 is 2.79 bits per heavy atom. The van der Waals surface area contributed by atoms with E-state index in [4.69, 9.17) is 4.42 Å². The molecule has 0 aliphatic carbocycles. The highest BCUT2D eigenvalue weighted by molar-refractivity contribution is 5.74. The fourth-order valence-electron chi connectivity index (χ4n) is 1.07. The lowest BCUT2D eigenvalue weighted by molar-refractivity contribution is 0.112. The Kier molecular flexibility index (Phi) is 2.10. The fraction of sp³-hybridized carbons (Fsp3) is 0.100. The summed E-state index contributed by atoms with van der Waals surface area (Å²) in [6.45, 7) is 1.84. The maximum Gasteiger partial charge on any atom is 0.245 e. The second-order valence-electron chi connectivity index (χ2n) is 2.89. The number of aryl methyl sites for hydroxylation is 1. The number of oxazole rings is 1. The molecule has 2 rings (SSSR count). The minimum atomic E-state index is 0.472. The molecule has 0 N–H and O–H groups in total. The van der Waals surface area contributed by atoms with Gasteiger partial charge in [-0.2, -0.15) is 0 Å². The van der Waals surface area contributed by atoms with Gasteiger partial charge in [0.2, 0.25) is 5.89 Å². The molecular formula is C10H8N2O2. The Morgan fingerprint density at radius 2 is 2.29 bits per heavy atom. The van der Waals surface area contributed by atoms with Crippen molar-refractivity contribution in [2.75, 3.05) is 0 Å². The summed E-state index contributed by atoms with van der Waals surface area (Å²) in [5.41, 5.74) is 1.97. The maximum absolute atomic E-state index is 10.4. The van der Waals surface area contributed by atoms with E-state index in [0.717, 1.165) is 12.0 Å². The predicted molar refractivity (Wildman–Crippen MR) is 49.9 cm³/mol. The lowest BCUT2D eigenvalue weighted by atomic mass is 10.3. The van der Waals surface area contributed by atoms with Crippen LogP contribution in [0.25, 0.3) is 11.6 Å². The molecule has 0 amide bonds. The van der Waals surface area contributed by atoms with E-state index >= 15 is 0 Å². The van der Waals surface area contributed by atoms with E-state index in [1.165, 1.54) is 6.20 Å². The monoisotopic (exact) mass is 188 g/mol. The zero-order valence-electron chi connectivity index (χ0n) is 7.60. The van der Waals surface area contributed by atoms with Crippen LogP contribution in [0.15, 0.2) is 29.0 Å². The van der Waals surface area contributed by atoms with E-state index in [9.17, 15) is 4.79 Å². The first kappa shape index (κ1) is 8.62. The first-order valence-electron chi connectivity index (χ1n) is 4.13. The first-order valence-corrected chi connectivity index (χ1v) is 4.13. The molecule has 0 aromatic carbocycles. The number of carbonyl (C=O) groups is 1. The van der Waals surface area contributed by atoms with Crippen molar-refractivity contribution in [1.82, 2.24) is 9.97 Å². The van der Waals surface area contributed by atoms with Gasteiger partial charge in [-0.05, 0) is 19.1 Å². The van der Waals surface area contributed by atoms with E-state index < -0.39 is 0 Å². The molecule has 0 fully saturated rings. The highest BCUT2D eigenvalue weighted by Crippen LogP contribution is 2.15. The normalized spacial score (nSPS) is 10.1. The Hall–Kier alpha value is -1.97. The Balaban J connectivity index is 2.38. The van der Waals surface area contributed by atoms with Crippen LogP contribution in [0.5, 0.6) is 0 Å². The van der Waals surface area contributed by atoms with Gasteiger partial charge >= 0.3 is 0 Å². The van der Waals surface area contributed by atoms with Gasteiger partial charge in [-0.25, -0.2) is 4.98 Å². The van der Waals surface area contributed by atoms with Crippen molar-refractivity contribution in [2.24, 2.45) is 0 Å². The molecule has 0 bridgehead atoms. The van der Waals surface area contributed by atoms with Gasteiger partial charge in [0.15, 0.2) is 6.29 Å². The number of rotatable bonds is 2. The molecule has 70 valence electrons. The van der Waals surface area contributed by atoms with E-state index in [1.54, 1.807) is 18.4 Å². The maximum atomic E-state index is 10.4. The van der Waals surface area contributed by atoms with Crippen LogP contribution in [0.2, 0.25) is 0 Å². The Morgan fingerprint density at radius 1 is 1.43 bits per heavy atom. The van der Waals surface area contributed by atoms with Crippen molar-refractivity contribution < 1.29 is 9.21 Å². The molecule has 2 aromatic rings. The van der Waals surface area contributed by atoms with Gasteiger partial charge in [0.05, 0.1) is 5.69 Å². The van der Waals surface area contributed by atoms with Gasteiger partial charge in [-0.15, -0.1) is 0 Å². The minimum absolute atomic E-state index is 0.472. The SMILES string of the molecule is Cc1coc(-c2ccc(C=O)cn2)n1. The molecule has 0 aliphatic rings. The average Bonchev–Trinajstić information content (AvgIpc) is 2.65. The summed E-state index contributed by atoms with van der Waals surface area (Å²) in [7, 11) is 0. The number of pyridine rings is 1. The van der Waals surface area contributed by atoms with Crippen molar-refractivity contribution in [3.63, 3.8) is 0 Å². The number of aromatic nitrogens is 2. The van der Waals surface area contributed by atoms with Gasteiger partial charge < -0.3 is 4.42 Å². The van der Waals surface area contributed by atoms with Crippen LogP contribution in [-0.2, 0) is 0 Å². The van der Waals surface area contributed by atoms with Crippen LogP contribution in [0.4, 0.5) is 0 Å². The van der Waals surface area contributed by atoms with Crippen LogP contribution in [0.3, 0.4) is 0 Å². The summed E-state index contributed by atoms with van der Waals surface area (Å²) < 4.78 is 5.16. The molecule has 2 heterocycles. The minimum Gasteiger partial charge on any atom is -0.443 e.